The molecule has 0 saturated carbocycles. The van der Waals surface area contributed by atoms with Crippen LogP contribution in [-0.4, -0.2) is 30.9 Å². The number of carbonyl (C=O) groups excluding carboxylic acids is 2. The fraction of sp³-hybridized carbons (Fsp3) is 0.500. The van der Waals surface area contributed by atoms with Gasteiger partial charge in [0.25, 0.3) is 5.91 Å². The van der Waals surface area contributed by atoms with E-state index in [0.29, 0.717) is 17.6 Å². The molecule has 0 spiro atoms. The van der Waals surface area contributed by atoms with E-state index < -0.39 is 0 Å². The molecule has 0 aromatic carbocycles. The van der Waals surface area contributed by atoms with Crippen LogP contribution < -0.4 is 10.9 Å². The van der Waals surface area contributed by atoms with Gasteiger partial charge in [-0.05, 0) is 25.0 Å². The van der Waals surface area contributed by atoms with Crippen LogP contribution in [-0.2, 0) is 9.59 Å². The molecule has 17 heavy (non-hydrogen) atoms. The minimum absolute atomic E-state index is 0.190. The van der Waals surface area contributed by atoms with Gasteiger partial charge in [-0.25, -0.2) is 16.0 Å². The van der Waals surface area contributed by atoms with Crippen molar-refractivity contribution in [1.29, 1.82) is 0 Å². The van der Waals surface area contributed by atoms with Crippen molar-refractivity contribution in [3.63, 3.8) is 0 Å². The third kappa shape index (κ3) is 4.93. The van der Waals surface area contributed by atoms with Crippen molar-refractivity contribution >= 4 is 11.7 Å². The maximum absolute atomic E-state index is 11.8. The molecular formula is C12H21N3O2. The molecule has 0 bridgehead atoms. The number of amides is 1. The quantitative estimate of drug-likeness (QED) is 0.513. The second kappa shape index (κ2) is 7.76. The molecule has 0 aromatic heterocycles. The van der Waals surface area contributed by atoms with Crippen LogP contribution in [0.25, 0.3) is 0 Å². The molecule has 2 N–H and O–H groups in total. The van der Waals surface area contributed by atoms with E-state index in [9.17, 15) is 9.59 Å². The number of ketones is 1. The summed E-state index contributed by atoms with van der Waals surface area (Å²) in [5, 5.41) is 1.20. The zero-order chi connectivity index (χ0) is 13.4. The van der Waals surface area contributed by atoms with Crippen LogP contribution in [0.15, 0.2) is 23.8 Å². The van der Waals surface area contributed by atoms with E-state index in [-0.39, 0.29) is 11.7 Å². The van der Waals surface area contributed by atoms with Gasteiger partial charge in [0.1, 0.15) is 0 Å². The van der Waals surface area contributed by atoms with Crippen LogP contribution in [0.1, 0.15) is 26.7 Å². The summed E-state index contributed by atoms with van der Waals surface area (Å²) in [6.45, 7) is 7.27. The molecule has 1 amide bonds. The summed E-state index contributed by atoms with van der Waals surface area (Å²) < 4.78 is 0. The first-order chi connectivity index (χ1) is 7.97. The smallest absolute Gasteiger partial charge is 0.278 e. The summed E-state index contributed by atoms with van der Waals surface area (Å²) in [6, 6.07) is 0. The maximum atomic E-state index is 11.8. The van der Waals surface area contributed by atoms with Gasteiger partial charge in [0.2, 0.25) is 0 Å². The number of allylic oxidation sites excluding steroid dienone is 2. The van der Waals surface area contributed by atoms with Crippen LogP contribution in [0.3, 0.4) is 0 Å². The van der Waals surface area contributed by atoms with Crippen molar-refractivity contribution in [3.8, 4) is 0 Å². The average molecular weight is 239 g/mol. The van der Waals surface area contributed by atoms with Gasteiger partial charge in [-0.15, -0.1) is 0 Å². The molecule has 0 aliphatic carbocycles. The molecule has 5 heteroatoms. The van der Waals surface area contributed by atoms with Crippen molar-refractivity contribution in [2.75, 3.05) is 14.1 Å². The van der Waals surface area contributed by atoms with Crippen LogP contribution in [0.2, 0.25) is 0 Å². The highest BCUT2D eigenvalue weighted by molar-refractivity contribution is 6.08. The number of nitrogens with zero attached hydrogens (tertiary/aromatic N) is 1. The molecule has 0 fully saturated rings. The predicted octanol–water partition coefficient (Wildman–Crippen LogP) is 0.955. The Morgan fingerprint density at radius 2 is 1.82 bits per heavy atom. The standard InChI is InChI=1S/C12H21N3O2/c1-6-7-9(2)11(16)8-10(3)12(17)15(13-4)14-5/h8,13-14H,2,6-7H2,1,3-5H3. The van der Waals surface area contributed by atoms with Gasteiger partial charge in [-0.1, -0.05) is 19.9 Å². The Morgan fingerprint density at radius 1 is 1.29 bits per heavy atom. The van der Waals surface area contributed by atoms with Crippen LogP contribution in [0, 0.1) is 0 Å². The molecule has 0 unspecified atom stereocenters. The molecule has 0 aromatic rings. The first-order valence-electron chi connectivity index (χ1n) is 5.57. The number of hydrazine groups is 2. The summed E-state index contributed by atoms with van der Waals surface area (Å²) >= 11 is 0. The Kier molecular flexibility index (Phi) is 7.09. The molecule has 0 atom stereocenters. The van der Waals surface area contributed by atoms with Crippen LogP contribution in [0.4, 0.5) is 0 Å². The molecule has 0 rings (SSSR count). The third-order valence-corrected chi connectivity index (χ3v) is 2.24. The Morgan fingerprint density at radius 3 is 2.24 bits per heavy atom. The maximum Gasteiger partial charge on any atom is 0.278 e. The van der Waals surface area contributed by atoms with E-state index in [2.05, 4.69) is 17.4 Å². The highest BCUT2D eigenvalue weighted by Gasteiger charge is 2.14. The number of hydrogen-bond acceptors (Lipinski definition) is 4. The number of hydrogen-bond donors (Lipinski definition) is 2. The van der Waals surface area contributed by atoms with Crippen molar-refractivity contribution in [1.82, 2.24) is 16.0 Å². The molecule has 5 nitrogen and oxygen atoms in total. The highest BCUT2D eigenvalue weighted by Crippen LogP contribution is 2.06. The van der Waals surface area contributed by atoms with E-state index >= 15 is 0 Å². The lowest BCUT2D eigenvalue weighted by atomic mass is 10.1. The van der Waals surface area contributed by atoms with E-state index in [1.165, 1.54) is 11.2 Å². The third-order valence-electron chi connectivity index (χ3n) is 2.24. The van der Waals surface area contributed by atoms with Crippen molar-refractivity contribution in [2.45, 2.75) is 26.7 Å². The normalized spacial score (nSPS) is 11.2. The lowest BCUT2D eigenvalue weighted by molar-refractivity contribution is -0.133. The summed E-state index contributed by atoms with van der Waals surface area (Å²) in [4.78, 5) is 23.4. The fourth-order valence-corrected chi connectivity index (χ4v) is 1.28. The summed E-state index contributed by atoms with van der Waals surface area (Å²) in [5.41, 5.74) is 6.20. The second-order valence-corrected chi connectivity index (χ2v) is 3.63. The van der Waals surface area contributed by atoms with E-state index in [1.54, 1.807) is 21.0 Å². The molecule has 0 aliphatic heterocycles. The minimum Gasteiger partial charge on any atom is -0.290 e. The first kappa shape index (κ1) is 15.5. The number of rotatable bonds is 7. The van der Waals surface area contributed by atoms with Gasteiger partial charge >= 0.3 is 0 Å². The Hall–Kier alpha value is -1.46. The Balaban J connectivity index is 4.68. The molecule has 0 aliphatic rings. The van der Waals surface area contributed by atoms with Crippen molar-refractivity contribution in [2.24, 2.45) is 0 Å². The van der Waals surface area contributed by atoms with Crippen LogP contribution >= 0.6 is 0 Å². The van der Waals surface area contributed by atoms with Gasteiger partial charge in [-0.2, -0.15) is 0 Å². The van der Waals surface area contributed by atoms with E-state index in [4.69, 9.17) is 0 Å². The first-order valence-corrected chi connectivity index (χ1v) is 5.57. The molecular weight excluding hydrogens is 218 g/mol. The monoisotopic (exact) mass is 239 g/mol. The zero-order valence-corrected chi connectivity index (χ0v) is 11.0. The topological polar surface area (TPSA) is 61.4 Å². The number of nitrogens with one attached hydrogen (secondary N) is 2. The number of carbonyl (C=O) groups is 2. The SMILES string of the molecule is C=C(CCC)C(=O)C=C(C)C(=O)N(NC)NC. The van der Waals surface area contributed by atoms with Gasteiger partial charge in [0.15, 0.2) is 5.78 Å². The van der Waals surface area contributed by atoms with Crippen molar-refractivity contribution < 1.29 is 9.59 Å². The fourth-order valence-electron chi connectivity index (χ4n) is 1.28. The molecule has 96 valence electrons. The van der Waals surface area contributed by atoms with Gasteiger partial charge in [0, 0.05) is 19.7 Å². The molecule has 0 radical (unpaired) electrons. The largest absolute Gasteiger partial charge is 0.290 e. The second-order valence-electron chi connectivity index (χ2n) is 3.63. The van der Waals surface area contributed by atoms with Crippen LogP contribution in [0.5, 0.6) is 0 Å². The summed E-state index contributed by atoms with van der Waals surface area (Å²) in [5.74, 6) is -0.488. The zero-order valence-electron chi connectivity index (χ0n) is 11.0. The van der Waals surface area contributed by atoms with Gasteiger partial charge in [-0.3, -0.25) is 9.59 Å². The van der Waals surface area contributed by atoms with E-state index in [1.807, 2.05) is 6.92 Å². The van der Waals surface area contributed by atoms with E-state index in [0.717, 1.165) is 6.42 Å². The summed E-state index contributed by atoms with van der Waals surface area (Å²) in [7, 11) is 3.22. The van der Waals surface area contributed by atoms with Crippen molar-refractivity contribution in [3.05, 3.63) is 23.8 Å². The molecule has 0 saturated heterocycles. The lowest BCUT2D eigenvalue weighted by Gasteiger charge is -2.19. The Bertz CT molecular complexity index is 331. The van der Waals surface area contributed by atoms with Gasteiger partial charge < -0.3 is 0 Å². The van der Waals surface area contributed by atoms with Gasteiger partial charge in [0.05, 0.1) is 0 Å². The Labute approximate surface area is 102 Å². The summed E-state index contributed by atoms with van der Waals surface area (Å²) in [6.07, 6.45) is 2.84. The predicted molar refractivity (Wildman–Crippen MR) is 67.8 cm³/mol. The lowest BCUT2D eigenvalue weighted by Crippen LogP contribution is -2.48. The average Bonchev–Trinajstić information content (AvgIpc) is 2.30. The highest BCUT2D eigenvalue weighted by atomic mass is 16.2. The minimum atomic E-state index is -0.298. The molecule has 0 heterocycles.